The molecule has 2 atom stereocenters. The van der Waals surface area contributed by atoms with Crippen LogP contribution in [0.5, 0.6) is 0 Å². The molecule has 7 rings (SSSR count). The molecule has 35 heavy (non-hydrogen) atoms. The number of carbonyl (C=O) groups is 1. The second-order valence-electron chi connectivity index (χ2n) is 9.65. The Hall–Kier alpha value is -4.23. The number of hydrogen-bond donors (Lipinski definition) is 1. The molecule has 4 aromatic rings. The summed E-state index contributed by atoms with van der Waals surface area (Å²) in [6, 6.07) is 3.69. The van der Waals surface area contributed by atoms with E-state index in [0.717, 1.165) is 41.8 Å². The molecular weight excluding hydrogens is 442 g/mol. The molecule has 2 N–H and O–H groups in total. The van der Waals surface area contributed by atoms with Gasteiger partial charge in [-0.05, 0) is 31.7 Å². The number of hydrogen-bond acceptors (Lipinski definition) is 8. The van der Waals surface area contributed by atoms with Crippen LogP contribution in [0.3, 0.4) is 0 Å². The quantitative estimate of drug-likeness (QED) is 0.478. The van der Waals surface area contributed by atoms with Crippen molar-refractivity contribution in [2.45, 2.75) is 43.2 Å². The van der Waals surface area contributed by atoms with E-state index >= 15 is 0 Å². The summed E-state index contributed by atoms with van der Waals surface area (Å²) in [4.78, 5) is 37.7. The van der Waals surface area contributed by atoms with E-state index < -0.39 is 5.54 Å². The monoisotopic (exact) mass is 463 g/mol. The molecule has 4 aromatic heterocycles. The third-order valence-corrected chi connectivity index (χ3v) is 7.79. The van der Waals surface area contributed by atoms with E-state index in [-0.39, 0.29) is 23.6 Å². The van der Waals surface area contributed by atoms with Crippen LogP contribution in [-0.2, 0) is 5.54 Å². The summed E-state index contributed by atoms with van der Waals surface area (Å²) < 4.78 is 1.97. The van der Waals surface area contributed by atoms with Gasteiger partial charge in [0.2, 0.25) is 5.78 Å². The van der Waals surface area contributed by atoms with Crippen LogP contribution >= 0.6 is 0 Å². The summed E-state index contributed by atoms with van der Waals surface area (Å²) >= 11 is 0. The summed E-state index contributed by atoms with van der Waals surface area (Å²) in [6.45, 7) is 0. The van der Waals surface area contributed by atoms with E-state index in [1.54, 1.807) is 36.6 Å². The van der Waals surface area contributed by atoms with Gasteiger partial charge in [-0.1, -0.05) is 0 Å². The van der Waals surface area contributed by atoms with Gasteiger partial charge in [0.15, 0.2) is 0 Å². The van der Waals surface area contributed by atoms with Gasteiger partial charge in [-0.25, -0.2) is 24.9 Å². The number of nitrogens with zero attached hydrogens (tertiary/aromatic N) is 8. The Balaban J connectivity index is 1.38. The van der Waals surface area contributed by atoms with Crippen LogP contribution in [0.25, 0.3) is 16.9 Å². The standard InChI is InChI=1S/C25H21N9O/c1-33-18-7-16(19-15(22(33)35)3-6-28-17(19)8-26)21-20(18)32-24-31-11-14(12-34(21)24)13-9-29-23(30-10-13)25(27)4-2-5-25/h3,6,9-12,16,18H,2,4-5,7,27H2,1H3. The largest absolute Gasteiger partial charge is 0.333 e. The molecule has 1 aliphatic heterocycles. The Morgan fingerprint density at radius 1 is 1.14 bits per heavy atom. The van der Waals surface area contributed by atoms with Crippen molar-refractivity contribution in [2.24, 2.45) is 5.73 Å². The number of amides is 1. The van der Waals surface area contributed by atoms with E-state index in [9.17, 15) is 10.1 Å². The van der Waals surface area contributed by atoms with Crippen LogP contribution in [0.4, 0.5) is 0 Å². The fourth-order valence-electron chi connectivity index (χ4n) is 5.70. The van der Waals surface area contributed by atoms with Crippen LogP contribution in [0.15, 0.2) is 37.1 Å². The SMILES string of the molecule is CN1C(=O)c2ccnc(C#N)c2C2CC1c1nc3ncc(-c4cnc(C5(N)CCC5)nc4)cn3c12. The minimum atomic E-state index is -0.411. The summed E-state index contributed by atoms with van der Waals surface area (Å²) in [6.07, 6.45) is 12.4. The van der Waals surface area contributed by atoms with Gasteiger partial charge in [0.25, 0.3) is 5.91 Å². The average molecular weight is 464 g/mol. The molecule has 10 nitrogen and oxygen atoms in total. The maximum atomic E-state index is 13.2. The van der Waals surface area contributed by atoms with E-state index in [2.05, 4.69) is 26.0 Å². The topological polar surface area (TPSA) is 139 Å². The number of nitrogens with two attached hydrogens (primary N) is 1. The third kappa shape index (κ3) is 2.67. The predicted molar refractivity (Wildman–Crippen MR) is 124 cm³/mol. The van der Waals surface area contributed by atoms with Crippen molar-refractivity contribution in [3.05, 3.63) is 71.1 Å². The molecule has 10 heteroatoms. The van der Waals surface area contributed by atoms with Gasteiger partial charge in [-0.15, -0.1) is 0 Å². The molecule has 0 saturated heterocycles. The molecule has 0 spiro atoms. The maximum absolute atomic E-state index is 13.2. The first-order valence-corrected chi connectivity index (χ1v) is 11.6. The van der Waals surface area contributed by atoms with E-state index in [4.69, 9.17) is 10.7 Å². The zero-order valence-corrected chi connectivity index (χ0v) is 19.0. The minimum Gasteiger partial charge on any atom is -0.333 e. The van der Waals surface area contributed by atoms with Gasteiger partial charge in [0, 0.05) is 66.2 Å². The van der Waals surface area contributed by atoms with Gasteiger partial charge < -0.3 is 10.6 Å². The molecule has 1 saturated carbocycles. The number of nitriles is 1. The van der Waals surface area contributed by atoms with Gasteiger partial charge >= 0.3 is 0 Å². The van der Waals surface area contributed by atoms with Crippen molar-refractivity contribution in [1.29, 1.82) is 5.26 Å². The number of pyridine rings is 1. The van der Waals surface area contributed by atoms with Crippen LogP contribution in [0.1, 0.15) is 76.5 Å². The molecule has 1 fully saturated rings. The van der Waals surface area contributed by atoms with Crippen molar-refractivity contribution in [2.75, 3.05) is 7.05 Å². The highest BCUT2D eigenvalue weighted by molar-refractivity contribution is 5.97. The number of carbonyl (C=O) groups excluding carboxylic acids is 1. The average Bonchev–Trinajstić information content (AvgIpc) is 3.39. The third-order valence-electron chi connectivity index (χ3n) is 7.79. The van der Waals surface area contributed by atoms with Gasteiger partial charge in [0.1, 0.15) is 17.6 Å². The highest BCUT2D eigenvalue weighted by Crippen LogP contribution is 2.50. The van der Waals surface area contributed by atoms with Crippen LogP contribution in [0, 0.1) is 11.3 Å². The molecule has 2 aliphatic carbocycles. The lowest BCUT2D eigenvalue weighted by molar-refractivity contribution is 0.0735. The van der Waals surface area contributed by atoms with Crippen LogP contribution in [-0.4, -0.2) is 47.2 Å². The molecule has 5 heterocycles. The molecule has 172 valence electrons. The predicted octanol–water partition coefficient (Wildman–Crippen LogP) is 2.45. The second kappa shape index (κ2) is 6.90. The Labute approximate surface area is 200 Å². The molecule has 1 amide bonds. The number of fused-ring (bicyclic) bond motifs is 9. The Kier molecular flexibility index (Phi) is 3.97. The van der Waals surface area contributed by atoms with Gasteiger partial charge in [-0.3, -0.25) is 9.20 Å². The van der Waals surface area contributed by atoms with Crippen molar-refractivity contribution in [3.8, 4) is 17.2 Å². The Bertz CT molecular complexity index is 1580. The molecular formula is C25H21N9O. The number of rotatable bonds is 2. The highest BCUT2D eigenvalue weighted by Gasteiger charge is 2.46. The van der Waals surface area contributed by atoms with E-state index in [1.807, 2.05) is 10.6 Å². The lowest BCUT2D eigenvalue weighted by Crippen LogP contribution is -2.44. The Morgan fingerprint density at radius 3 is 2.63 bits per heavy atom. The van der Waals surface area contributed by atoms with Gasteiger partial charge in [-0.2, -0.15) is 5.26 Å². The first kappa shape index (κ1) is 20.2. The summed E-state index contributed by atoms with van der Waals surface area (Å²) in [5.74, 6) is 0.914. The summed E-state index contributed by atoms with van der Waals surface area (Å²) in [5, 5.41) is 9.78. The van der Waals surface area contributed by atoms with Gasteiger partial charge in [0.05, 0.1) is 23.0 Å². The smallest absolute Gasteiger partial charge is 0.254 e. The summed E-state index contributed by atoms with van der Waals surface area (Å²) in [5.41, 5.74) is 10.9. The summed E-state index contributed by atoms with van der Waals surface area (Å²) in [7, 11) is 1.79. The fraction of sp³-hybridized carbons (Fsp3) is 0.320. The van der Waals surface area contributed by atoms with E-state index in [1.165, 1.54) is 6.20 Å². The van der Waals surface area contributed by atoms with Crippen molar-refractivity contribution >= 4 is 11.7 Å². The van der Waals surface area contributed by atoms with Crippen LogP contribution in [0.2, 0.25) is 0 Å². The van der Waals surface area contributed by atoms with Crippen molar-refractivity contribution in [1.82, 2.24) is 34.2 Å². The zero-order valence-electron chi connectivity index (χ0n) is 19.0. The fourth-order valence-corrected chi connectivity index (χ4v) is 5.70. The zero-order chi connectivity index (χ0) is 23.9. The number of aromatic nitrogens is 6. The molecule has 2 unspecified atom stereocenters. The molecule has 0 aromatic carbocycles. The maximum Gasteiger partial charge on any atom is 0.254 e. The molecule has 0 radical (unpaired) electrons. The first-order valence-electron chi connectivity index (χ1n) is 11.6. The lowest BCUT2D eigenvalue weighted by atomic mass is 9.77. The minimum absolute atomic E-state index is 0.121. The van der Waals surface area contributed by atoms with Crippen molar-refractivity contribution in [3.63, 3.8) is 0 Å². The van der Waals surface area contributed by atoms with Crippen LogP contribution < -0.4 is 5.73 Å². The first-order chi connectivity index (χ1) is 17.0. The second-order valence-corrected chi connectivity index (χ2v) is 9.65. The van der Waals surface area contributed by atoms with Crippen molar-refractivity contribution < 1.29 is 4.79 Å². The molecule has 2 bridgehead atoms. The highest BCUT2D eigenvalue weighted by atomic mass is 16.2. The Morgan fingerprint density at radius 2 is 1.91 bits per heavy atom. The number of imidazole rings is 1. The molecule has 3 aliphatic rings. The van der Waals surface area contributed by atoms with E-state index in [0.29, 0.717) is 29.1 Å². The normalized spacial score (nSPS) is 21.7. The lowest BCUT2D eigenvalue weighted by Gasteiger charge is -2.36.